The van der Waals surface area contributed by atoms with E-state index in [0.717, 1.165) is 16.7 Å². The lowest BCUT2D eigenvalue weighted by molar-refractivity contribution is 0.361. The van der Waals surface area contributed by atoms with Crippen LogP contribution in [-0.4, -0.2) is 28.3 Å². The first-order valence-corrected chi connectivity index (χ1v) is 14.0. The molecule has 0 spiro atoms. The number of sulfonamides is 1. The molecule has 32 heavy (non-hydrogen) atoms. The van der Waals surface area contributed by atoms with Gasteiger partial charge >= 0.3 is 0 Å². The Bertz CT molecular complexity index is 1250. The van der Waals surface area contributed by atoms with Gasteiger partial charge in [-0.15, -0.1) is 0 Å². The van der Waals surface area contributed by atoms with Gasteiger partial charge in [-0.2, -0.15) is 4.31 Å². The van der Waals surface area contributed by atoms with Crippen molar-refractivity contribution in [1.82, 2.24) is 4.31 Å². The van der Waals surface area contributed by atoms with Crippen LogP contribution < -0.4 is 0 Å². The average molecular weight is 531 g/mol. The third-order valence-electron chi connectivity index (χ3n) is 5.53. The minimum absolute atomic E-state index is 0.228. The summed E-state index contributed by atoms with van der Waals surface area (Å²) in [5.74, 6) is 0. The quantitative estimate of drug-likeness (QED) is 0.396. The second kappa shape index (κ2) is 9.43. The van der Waals surface area contributed by atoms with Crippen molar-refractivity contribution >= 4 is 36.8 Å². The molecular weight excluding hydrogens is 506 g/mol. The Hall–Kier alpha value is -2.06. The van der Waals surface area contributed by atoms with Crippen molar-refractivity contribution in [3.8, 4) is 0 Å². The Kier molecular flexibility index (Phi) is 6.81. The van der Waals surface area contributed by atoms with Gasteiger partial charge in [0.25, 0.3) is 0 Å². The molecule has 0 saturated carbocycles. The zero-order chi connectivity index (χ0) is 22.9. The van der Waals surface area contributed by atoms with Crippen molar-refractivity contribution < 1.29 is 12.6 Å². The fourth-order valence-corrected chi connectivity index (χ4v) is 7.71. The highest BCUT2D eigenvalue weighted by molar-refractivity contribution is 9.09. The number of halogens is 1. The van der Waals surface area contributed by atoms with E-state index in [9.17, 15) is 12.6 Å². The zero-order valence-corrected chi connectivity index (χ0v) is 21.0. The largest absolute Gasteiger partial charge is 0.249 e. The van der Waals surface area contributed by atoms with Crippen LogP contribution in [0.2, 0.25) is 0 Å². The van der Waals surface area contributed by atoms with E-state index in [1.807, 2.05) is 74.5 Å². The molecule has 0 fully saturated rings. The summed E-state index contributed by atoms with van der Waals surface area (Å²) >= 11 is 3.49. The zero-order valence-electron chi connectivity index (χ0n) is 17.8. The molecule has 0 aliphatic carbocycles. The number of rotatable bonds is 6. The number of hydrogen-bond acceptors (Lipinski definition) is 3. The lowest BCUT2D eigenvalue weighted by Gasteiger charge is -2.30. The second-order valence-electron chi connectivity index (χ2n) is 7.83. The lowest BCUT2D eigenvalue weighted by atomic mass is 10.1. The van der Waals surface area contributed by atoms with Crippen LogP contribution >= 0.6 is 15.9 Å². The highest BCUT2D eigenvalue weighted by atomic mass is 79.9. The summed E-state index contributed by atoms with van der Waals surface area (Å²) in [6, 6.07) is 22.7. The normalized spacial score (nSPS) is 20.2. The maximum absolute atomic E-state index is 13.8. The van der Waals surface area contributed by atoms with Gasteiger partial charge in [-0.05, 0) is 43.7 Å². The highest BCUT2D eigenvalue weighted by Gasteiger charge is 2.45. The first-order chi connectivity index (χ1) is 15.3. The topological polar surface area (TPSA) is 54.5 Å². The van der Waals surface area contributed by atoms with Crippen LogP contribution in [-0.2, 0) is 20.8 Å². The Morgan fingerprint density at radius 2 is 1.44 bits per heavy atom. The molecule has 1 aliphatic heterocycles. The molecule has 1 unspecified atom stereocenters. The standard InChI is InChI=1S/C25H24BrNO3S2/c1-18-8-12-22(13-9-18)31(28)24-16-21(17-26)27(25(24)20-6-4-3-5-7-20)32(29,30)23-14-10-19(2)11-15-23/h3-16,21,25H,17H2,1-2H3/t21-,25+,31?/m1/s1. The van der Waals surface area contributed by atoms with E-state index in [1.165, 1.54) is 4.31 Å². The van der Waals surface area contributed by atoms with E-state index in [4.69, 9.17) is 0 Å². The maximum Gasteiger partial charge on any atom is 0.244 e. The molecule has 1 heterocycles. The smallest absolute Gasteiger partial charge is 0.244 e. The molecule has 4 rings (SSSR count). The van der Waals surface area contributed by atoms with Gasteiger partial charge in [-0.1, -0.05) is 87.7 Å². The minimum Gasteiger partial charge on any atom is -0.249 e. The average Bonchev–Trinajstić information content (AvgIpc) is 3.20. The van der Waals surface area contributed by atoms with E-state index >= 15 is 0 Å². The predicted octanol–water partition coefficient (Wildman–Crippen LogP) is 5.50. The molecule has 1 aliphatic rings. The molecule has 0 saturated heterocycles. The number of nitrogens with zero attached hydrogens (tertiary/aromatic N) is 1. The van der Waals surface area contributed by atoms with Crippen molar-refractivity contribution in [2.45, 2.75) is 35.7 Å². The fourth-order valence-electron chi connectivity index (χ4n) is 3.84. The van der Waals surface area contributed by atoms with Crippen molar-refractivity contribution in [2.75, 3.05) is 5.33 Å². The Morgan fingerprint density at radius 3 is 2.00 bits per heavy atom. The molecule has 0 aromatic heterocycles. The Balaban J connectivity index is 1.85. The lowest BCUT2D eigenvalue weighted by Crippen LogP contribution is -2.39. The Labute approximate surface area is 200 Å². The fraction of sp³-hybridized carbons (Fsp3) is 0.200. The molecule has 166 valence electrons. The SMILES string of the molecule is Cc1ccc(S(=O)C2=C[C@H](CBr)N(S(=O)(=O)c3ccc(C)cc3)[C@H]2c2ccccc2)cc1. The molecular formula is C25H24BrNO3S2. The van der Waals surface area contributed by atoms with Crippen LogP contribution in [0.4, 0.5) is 0 Å². The van der Waals surface area contributed by atoms with Crippen LogP contribution in [0.15, 0.2) is 99.6 Å². The van der Waals surface area contributed by atoms with Crippen LogP contribution in [0.25, 0.3) is 0 Å². The van der Waals surface area contributed by atoms with Crippen LogP contribution in [0.5, 0.6) is 0 Å². The number of benzene rings is 3. The van der Waals surface area contributed by atoms with Gasteiger partial charge in [0.15, 0.2) is 0 Å². The molecule has 7 heteroatoms. The number of aryl methyl sites for hydroxylation is 2. The van der Waals surface area contributed by atoms with Gasteiger partial charge in [0.1, 0.15) is 0 Å². The summed E-state index contributed by atoms with van der Waals surface area (Å²) in [6.45, 7) is 3.90. The molecule has 3 atom stereocenters. The van der Waals surface area contributed by atoms with Crippen molar-refractivity contribution in [2.24, 2.45) is 0 Å². The molecule has 4 nitrogen and oxygen atoms in total. The summed E-state index contributed by atoms with van der Waals surface area (Å²) in [5.41, 5.74) is 2.85. The monoisotopic (exact) mass is 529 g/mol. The molecule has 0 radical (unpaired) electrons. The van der Waals surface area contributed by atoms with Gasteiger partial charge in [-0.25, -0.2) is 12.6 Å². The second-order valence-corrected chi connectivity index (χ2v) is 11.8. The third kappa shape index (κ3) is 4.39. The van der Waals surface area contributed by atoms with Crippen molar-refractivity contribution in [3.05, 3.63) is 107 Å². The summed E-state index contributed by atoms with van der Waals surface area (Å²) in [5, 5.41) is 0.399. The summed E-state index contributed by atoms with van der Waals surface area (Å²) in [6.07, 6.45) is 1.84. The minimum atomic E-state index is -3.85. The van der Waals surface area contributed by atoms with Gasteiger partial charge in [0.2, 0.25) is 10.0 Å². The van der Waals surface area contributed by atoms with E-state index in [0.29, 0.717) is 15.1 Å². The number of hydrogen-bond donors (Lipinski definition) is 0. The van der Waals surface area contributed by atoms with Crippen molar-refractivity contribution in [3.63, 3.8) is 0 Å². The van der Waals surface area contributed by atoms with Crippen LogP contribution in [0, 0.1) is 13.8 Å². The van der Waals surface area contributed by atoms with E-state index in [-0.39, 0.29) is 4.90 Å². The first kappa shape index (κ1) is 23.1. The molecule has 0 bridgehead atoms. The van der Waals surface area contributed by atoms with Crippen LogP contribution in [0.3, 0.4) is 0 Å². The van der Waals surface area contributed by atoms with Gasteiger partial charge in [0.05, 0.1) is 27.8 Å². The molecule has 0 N–H and O–H groups in total. The summed E-state index contributed by atoms with van der Waals surface area (Å²) < 4.78 is 42.8. The van der Waals surface area contributed by atoms with Gasteiger partial charge in [0, 0.05) is 15.1 Å². The number of alkyl halides is 1. The molecule has 3 aromatic carbocycles. The third-order valence-corrected chi connectivity index (χ3v) is 9.58. The van der Waals surface area contributed by atoms with Gasteiger partial charge in [-0.3, -0.25) is 0 Å². The van der Waals surface area contributed by atoms with Gasteiger partial charge < -0.3 is 0 Å². The van der Waals surface area contributed by atoms with Crippen molar-refractivity contribution in [1.29, 1.82) is 0 Å². The van der Waals surface area contributed by atoms with E-state index < -0.39 is 32.9 Å². The molecule has 3 aromatic rings. The summed E-state index contributed by atoms with van der Waals surface area (Å²) in [7, 11) is -5.35. The van der Waals surface area contributed by atoms with Crippen LogP contribution in [0.1, 0.15) is 22.7 Å². The highest BCUT2D eigenvalue weighted by Crippen LogP contribution is 2.44. The first-order valence-electron chi connectivity index (χ1n) is 10.2. The van der Waals surface area contributed by atoms with E-state index in [2.05, 4.69) is 15.9 Å². The predicted molar refractivity (Wildman–Crippen MR) is 133 cm³/mol. The Morgan fingerprint density at radius 1 is 0.875 bits per heavy atom. The maximum atomic E-state index is 13.8. The summed E-state index contributed by atoms with van der Waals surface area (Å²) in [4.78, 5) is 1.47. The molecule has 0 amide bonds. The van der Waals surface area contributed by atoms with E-state index in [1.54, 1.807) is 24.3 Å².